The Kier molecular flexibility index (Phi) is 3.39. The highest BCUT2D eigenvalue weighted by molar-refractivity contribution is 5.69. The molecule has 0 aliphatic rings. The lowest BCUT2D eigenvalue weighted by Crippen LogP contribution is -2.35. The van der Waals surface area contributed by atoms with E-state index in [-0.39, 0.29) is 12.2 Å². The molecular weight excluding hydrogens is 210 g/mol. The van der Waals surface area contributed by atoms with Crippen molar-refractivity contribution in [1.82, 2.24) is 0 Å². The molecule has 0 spiro atoms. The third-order valence-electron chi connectivity index (χ3n) is 2.36. The first-order valence-corrected chi connectivity index (χ1v) is 4.75. The largest absolute Gasteiger partial charge is 0.504 e. The van der Waals surface area contributed by atoms with Crippen molar-refractivity contribution in [2.24, 2.45) is 5.73 Å². The Labute approximate surface area is 93.5 Å². The van der Waals surface area contributed by atoms with Gasteiger partial charge in [-0.05, 0) is 24.6 Å². The third-order valence-corrected chi connectivity index (χ3v) is 2.36. The van der Waals surface area contributed by atoms with Crippen LogP contribution in [0.5, 0.6) is 11.5 Å². The highest BCUT2D eigenvalue weighted by atomic mass is 16.5. The van der Waals surface area contributed by atoms with Crippen LogP contribution in [0.1, 0.15) is 18.9 Å². The third kappa shape index (κ3) is 2.64. The van der Waals surface area contributed by atoms with E-state index in [2.05, 4.69) is 0 Å². The number of rotatable bonds is 4. The van der Waals surface area contributed by atoms with Crippen LogP contribution in [0.3, 0.4) is 0 Å². The van der Waals surface area contributed by atoms with Crippen LogP contribution >= 0.6 is 0 Å². The van der Waals surface area contributed by atoms with Crippen LogP contribution in [0.2, 0.25) is 0 Å². The zero-order chi connectivity index (χ0) is 12.3. The van der Waals surface area contributed by atoms with E-state index in [1.165, 1.54) is 13.2 Å². The molecule has 88 valence electrons. The Morgan fingerprint density at radius 3 is 2.62 bits per heavy atom. The second-order valence-electron chi connectivity index (χ2n) is 3.87. The van der Waals surface area contributed by atoms with Crippen LogP contribution in [-0.4, -0.2) is 23.3 Å². The van der Waals surface area contributed by atoms with E-state index in [4.69, 9.17) is 15.6 Å². The normalized spacial score (nSPS) is 14.2. The minimum atomic E-state index is -1.02. The minimum Gasteiger partial charge on any atom is -0.504 e. The van der Waals surface area contributed by atoms with E-state index in [1.54, 1.807) is 19.1 Å². The van der Waals surface area contributed by atoms with E-state index in [9.17, 15) is 9.90 Å². The highest BCUT2D eigenvalue weighted by Gasteiger charge is 2.25. The summed E-state index contributed by atoms with van der Waals surface area (Å²) >= 11 is 0. The number of carbonyl (C=O) groups is 1. The molecule has 1 aromatic rings. The average Bonchev–Trinajstić information content (AvgIpc) is 2.15. The van der Waals surface area contributed by atoms with Gasteiger partial charge in [-0.2, -0.15) is 0 Å². The van der Waals surface area contributed by atoms with Gasteiger partial charge in [-0.1, -0.05) is 6.07 Å². The Morgan fingerprint density at radius 2 is 2.19 bits per heavy atom. The maximum Gasteiger partial charge on any atom is 0.305 e. The minimum absolute atomic E-state index is 0.0536. The maximum atomic E-state index is 10.6. The Hall–Kier alpha value is -1.75. The van der Waals surface area contributed by atoms with Gasteiger partial charge in [-0.15, -0.1) is 0 Å². The lowest BCUT2D eigenvalue weighted by atomic mass is 9.89. The molecule has 5 heteroatoms. The lowest BCUT2D eigenvalue weighted by molar-refractivity contribution is -0.138. The number of ether oxygens (including phenoxy) is 1. The molecule has 0 aromatic heterocycles. The fourth-order valence-corrected chi connectivity index (χ4v) is 1.46. The molecule has 4 N–H and O–H groups in total. The molecule has 16 heavy (non-hydrogen) atoms. The van der Waals surface area contributed by atoms with Crippen LogP contribution in [0.4, 0.5) is 0 Å². The zero-order valence-corrected chi connectivity index (χ0v) is 9.23. The Bertz CT molecular complexity index is 401. The molecule has 0 saturated carbocycles. The van der Waals surface area contributed by atoms with Gasteiger partial charge in [0, 0.05) is 5.54 Å². The second kappa shape index (κ2) is 4.40. The predicted octanol–water partition coefficient (Wildman–Crippen LogP) is 1.05. The summed E-state index contributed by atoms with van der Waals surface area (Å²) < 4.78 is 4.89. The quantitative estimate of drug-likeness (QED) is 0.712. The molecule has 0 fully saturated rings. The van der Waals surface area contributed by atoms with Gasteiger partial charge in [0.15, 0.2) is 11.5 Å². The van der Waals surface area contributed by atoms with E-state index in [0.29, 0.717) is 11.3 Å². The van der Waals surface area contributed by atoms with E-state index >= 15 is 0 Å². The predicted molar refractivity (Wildman–Crippen MR) is 58.5 cm³/mol. The van der Waals surface area contributed by atoms with Crippen LogP contribution in [0.25, 0.3) is 0 Å². The number of benzene rings is 1. The first kappa shape index (κ1) is 12.3. The van der Waals surface area contributed by atoms with Gasteiger partial charge in [-0.25, -0.2) is 0 Å². The van der Waals surface area contributed by atoms with E-state index < -0.39 is 11.5 Å². The second-order valence-corrected chi connectivity index (χ2v) is 3.87. The van der Waals surface area contributed by atoms with Gasteiger partial charge in [0.2, 0.25) is 0 Å². The number of hydrogen-bond donors (Lipinski definition) is 3. The summed E-state index contributed by atoms with van der Waals surface area (Å²) in [6.07, 6.45) is -0.210. The number of methoxy groups -OCH3 is 1. The Balaban J connectivity index is 3.04. The molecule has 0 heterocycles. The molecule has 0 bridgehead atoms. The van der Waals surface area contributed by atoms with Gasteiger partial charge < -0.3 is 20.7 Å². The molecule has 0 aliphatic carbocycles. The van der Waals surface area contributed by atoms with Crippen LogP contribution in [0, 0.1) is 0 Å². The Morgan fingerprint density at radius 1 is 1.56 bits per heavy atom. The van der Waals surface area contributed by atoms with Crippen LogP contribution in [0.15, 0.2) is 18.2 Å². The van der Waals surface area contributed by atoms with Crippen LogP contribution < -0.4 is 10.5 Å². The summed E-state index contributed by atoms with van der Waals surface area (Å²) in [6.45, 7) is 1.60. The van der Waals surface area contributed by atoms with Crippen molar-refractivity contribution in [2.75, 3.05) is 7.11 Å². The van der Waals surface area contributed by atoms with Crippen molar-refractivity contribution in [1.29, 1.82) is 0 Å². The molecule has 1 atom stereocenters. The number of carboxylic acid groups (broad SMARTS) is 1. The summed E-state index contributed by atoms with van der Waals surface area (Å²) in [6, 6.07) is 4.61. The first-order valence-electron chi connectivity index (χ1n) is 4.75. The SMILES string of the molecule is COc1ccc([C@](C)(N)CC(=O)O)cc1O. The fourth-order valence-electron chi connectivity index (χ4n) is 1.46. The van der Waals surface area contributed by atoms with Gasteiger partial charge in [0.05, 0.1) is 13.5 Å². The molecule has 1 aromatic carbocycles. The number of hydrogen-bond acceptors (Lipinski definition) is 4. The van der Waals surface area contributed by atoms with Crippen molar-refractivity contribution in [3.63, 3.8) is 0 Å². The summed E-state index contributed by atoms with van der Waals surface area (Å²) in [5, 5.41) is 18.3. The van der Waals surface area contributed by atoms with Gasteiger partial charge in [0.1, 0.15) is 0 Å². The number of aliphatic carboxylic acids is 1. The number of carboxylic acids is 1. The first-order chi connectivity index (χ1) is 7.36. The lowest BCUT2D eigenvalue weighted by Gasteiger charge is -2.23. The van der Waals surface area contributed by atoms with Crippen molar-refractivity contribution in [2.45, 2.75) is 18.9 Å². The molecule has 5 nitrogen and oxygen atoms in total. The van der Waals surface area contributed by atoms with Crippen molar-refractivity contribution in [3.05, 3.63) is 23.8 Å². The van der Waals surface area contributed by atoms with E-state index in [1.807, 2.05) is 0 Å². The monoisotopic (exact) mass is 225 g/mol. The molecular formula is C11H15NO4. The molecule has 1 rings (SSSR count). The fraction of sp³-hybridized carbons (Fsp3) is 0.364. The number of phenols is 1. The summed E-state index contributed by atoms with van der Waals surface area (Å²) in [7, 11) is 1.44. The zero-order valence-electron chi connectivity index (χ0n) is 9.23. The van der Waals surface area contributed by atoms with Gasteiger partial charge in [0.25, 0.3) is 0 Å². The van der Waals surface area contributed by atoms with Crippen molar-refractivity contribution < 1.29 is 19.7 Å². The summed E-state index contributed by atoms with van der Waals surface area (Å²) in [5.41, 5.74) is 5.40. The van der Waals surface area contributed by atoms with Crippen molar-refractivity contribution in [3.8, 4) is 11.5 Å². The molecule has 0 radical (unpaired) electrons. The van der Waals surface area contributed by atoms with Gasteiger partial charge >= 0.3 is 5.97 Å². The standard InChI is InChI=1S/C11H15NO4/c1-11(12,6-10(14)15)7-3-4-9(16-2)8(13)5-7/h3-5,13H,6,12H2,1-2H3,(H,14,15)/t11-/m1/s1. The number of aromatic hydroxyl groups is 1. The van der Waals surface area contributed by atoms with E-state index in [0.717, 1.165) is 0 Å². The number of nitrogens with two attached hydrogens (primary N) is 1. The average molecular weight is 225 g/mol. The smallest absolute Gasteiger partial charge is 0.305 e. The molecule has 0 unspecified atom stereocenters. The molecule has 0 amide bonds. The number of phenolic OH excluding ortho intramolecular Hbond substituents is 1. The molecule has 0 aliphatic heterocycles. The topological polar surface area (TPSA) is 92.8 Å². The van der Waals surface area contributed by atoms with Gasteiger partial charge in [-0.3, -0.25) is 4.79 Å². The molecule has 0 saturated heterocycles. The van der Waals surface area contributed by atoms with Crippen LogP contribution in [-0.2, 0) is 10.3 Å². The summed E-state index contributed by atoms with van der Waals surface area (Å²) in [4.78, 5) is 10.6. The highest BCUT2D eigenvalue weighted by Crippen LogP contribution is 2.31. The van der Waals surface area contributed by atoms with Crippen molar-refractivity contribution >= 4 is 5.97 Å². The summed E-state index contributed by atoms with van der Waals surface area (Å²) in [5.74, 6) is -0.711. The maximum absolute atomic E-state index is 10.6.